The Morgan fingerprint density at radius 2 is 2.00 bits per heavy atom. The summed E-state index contributed by atoms with van der Waals surface area (Å²) >= 11 is 0. The number of nitrogens with zero attached hydrogens (tertiary/aromatic N) is 2. The first-order chi connectivity index (χ1) is 8.65. The minimum Gasteiger partial charge on any atom is -0.383 e. The monoisotopic (exact) mass is 258 g/mol. The molecule has 0 N–H and O–H groups in total. The lowest BCUT2D eigenvalue weighted by Gasteiger charge is -2.26. The highest BCUT2D eigenvalue weighted by atomic mass is 16.5. The number of carbonyl (C=O) groups excluding carboxylic acids is 1. The van der Waals surface area contributed by atoms with E-state index in [1.807, 2.05) is 18.7 Å². The van der Waals surface area contributed by atoms with Gasteiger partial charge in [-0.05, 0) is 20.3 Å². The number of rotatable bonds is 7. The van der Waals surface area contributed by atoms with Gasteiger partial charge >= 0.3 is 0 Å². The molecule has 1 fully saturated rings. The van der Waals surface area contributed by atoms with Crippen LogP contribution in [0.2, 0.25) is 0 Å². The zero-order valence-electron chi connectivity index (χ0n) is 12.0. The van der Waals surface area contributed by atoms with Crippen LogP contribution in [0.1, 0.15) is 20.3 Å². The minimum atomic E-state index is 0.192. The smallest absolute Gasteiger partial charge is 0.236 e. The van der Waals surface area contributed by atoms with Crippen molar-refractivity contribution in [2.75, 3.05) is 47.0 Å². The van der Waals surface area contributed by atoms with Gasteiger partial charge < -0.3 is 14.4 Å². The lowest BCUT2D eigenvalue weighted by atomic mass is 10.2. The number of hydrogen-bond acceptors (Lipinski definition) is 4. The molecule has 1 aliphatic heterocycles. The van der Waals surface area contributed by atoms with Crippen LogP contribution in [0.3, 0.4) is 0 Å². The predicted octanol–water partition coefficient (Wildman–Crippen LogP) is 0.591. The molecule has 2 atom stereocenters. The van der Waals surface area contributed by atoms with Gasteiger partial charge in [0.2, 0.25) is 5.91 Å². The second kappa shape index (κ2) is 7.71. The van der Waals surface area contributed by atoms with Crippen molar-refractivity contribution >= 4 is 5.91 Å². The van der Waals surface area contributed by atoms with Crippen LogP contribution in [0.25, 0.3) is 0 Å². The van der Waals surface area contributed by atoms with Gasteiger partial charge in [-0.15, -0.1) is 0 Å². The molecule has 1 heterocycles. The molecule has 0 radical (unpaired) electrons. The van der Waals surface area contributed by atoms with Crippen LogP contribution in [-0.4, -0.2) is 74.9 Å². The third-order valence-electron chi connectivity index (χ3n) is 3.64. The molecule has 0 unspecified atom stereocenters. The maximum absolute atomic E-state index is 12.1. The van der Waals surface area contributed by atoms with Crippen molar-refractivity contribution in [3.8, 4) is 0 Å². The van der Waals surface area contributed by atoms with Crippen molar-refractivity contribution in [2.24, 2.45) is 0 Å². The average molecular weight is 258 g/mol. The molecule has 18 heavy (non-hydrogen) atoms. The van der Waals surface area contributed by atoms with E-state index in [2.05, 4.69) is 4.90 Å². The molecule has 0 bridgehead atoms. The molecule has 1 saturated heterocycles. The largest absolute Gasteiger partial charge is 0.383 e. The lowest BCUT2D eigenvalue weighted by molar-refractivity contribution is -0.132. The maximum atomic E-state index is 12.1. The van der Waals surface area contributed by atoms with Crippen LogP contribution in [0.4, 0.5) is 0 Å². The van der Waals surface area contributed by atoms with E-state index in [0.29, 0.717) is 19.2 Å². The highest BCUT2D eigenvalue weighted by Crippen LogP contribution is 2.20. The number of likely N-dealkylation sites (tertiary alicyclic amines) is 1. The van der Waals surface area contributed by atoms with Crippen LogP contribution >= 0.6 is 0 Å². The zero-order chi connectivity index (χ0) is 13.5. The Morgan fingerprint density at radius 1 is 1.33 bits per heavy atom. The standard InChI is InChI=1S/C13H26N2O3/c1-5-14(6-2)13(16)9-15-8-12(18-4)7-11(15)10-17-3/h11-12H,5-10H2,1-4H3/t11-,12+/m0/s1. The van der Waals surface area contributed by atoms with Gasteiger partial charge in [0.15, 0.2) is 0 Å². The molecular weight excluding hydrogens is 232 g/mol. The van der Waals surface area contributed by atoms with E-state index in [9.17, 15) is 4.79 Å². The highest BCUT2D eigenvalue weighted by molar-refractivity contribution is 5.78. The minimum absolute atomic E-state index is 0.192. The van der Waals surface area contributed by atoms with E-state index < -0.39 is 0 Å². The Morgan fingerprint density at radius 3 is 2.50 bits per heavy atom. The van der Waals surface area contributed by atoms with E-state index in [1.165, 1.54) is 0 Å². The van der Waals surface area contributed by atoms with Gasteiger partial charge in [0.25, 0.3) is 0 Å². The van der Waals surface area contributed by atoms with Gasteiger partial charge in [-0.2, -0.15) is 0 Å². The Labute approximate surface area is 110 Å². The molecule has 1 amide bonds. The fourth-order valence-electron chi connectivity index (χ4n) is 2.52. The molecule has 5 heteroatoms. The average Bonchev–Trinajstić information content (AvgIpc) is 2.74. The van der Waals surface area contributed by atoms with Gasteiger partial charge in [-0.25, -0.2) is 0 Å². The fraction of sp³-hybridized carbons (Fsp3) is 0.923. The SMILES string of the molecule is CCN(CC)C(=O)CN1C[C@H](OC)C[C@H]1COC. The van der Waals surface area contributed by atoms with Gasteiger partial charge in [-0.3, -0.25) is 9.69 Å². The van der Waals surface area contributed by atoms with E-state index in [1.54, 1.807) is 14.2 Å². The molecule has 106 valence electrons. The van der Waals surface area contributed by atoms with Gasteiger partial charge in [0.05, 0.1) is 19.3 Å². The topological polar surface area (TPSA) is 42.0 Å². The molecule has 0 spiro atoms. The number of likely N-dealkylation sites (N-methyl/N-ethyl adjacent to an activating group) is 1. The fourth-order valence-corrected chi connectivity index (χ4v) is 2.52. The maximum Gasteiger partial charge on any atom is 0.236 e. The van der Waals surface area contributed by atoms with Gasteiger partial charge in [-0.1, -0.05) is 0 Å². The van der Waals surface area contributed by atoms with Crippen LogP contribution in [0.5, 0.6) is 0 Å². The Kier molecular flexibility index (Phi) is 6.60. The normalized spacial score (nSPS) is 24.4. The Hall–Kier alpha value is -0.650. The van der Waals surface area contributed by atoms with Crippen molar-refractivity contribution in [3.05, 3.63) is 0 Å². The molecule has 1 rings (SSSR count). The number of methoxy groups -OCH3 is 2. The molecule has 0 aromatic heterocycles. The first-order valence-corrected chi connectivity index (χ1v) is 6.69. The Balaban J connectivity index is 2.54. The van der Waals surface area contributed by atoms with Crippen LogP contribution in [-0.2, 0) is 14.3 Å². The summed E-state index contributed by atoms with van der Waals surface area (Å²) in [7, 11) is 3.43. The molecule has 0 aromatic carbocycles. The van der Waals surface area contributed by atoms with Crippen molar-refractivity contribution in [1.29, 1.82) is 0 Å². The third kappa shape index (κ3) is 3.93. The first kappa shape index (κ1) is 15.4. The summed E-state index contributed by atoms with van der Waals surface area (Å²) in [4.78, 5) is 16.2. The van der Waals surface area contributed by atoms with Crippen molar-refractivity contribution < 1.29 is 14.3 Å². The summed E-state index contributed by atoms with van der Waals surface area (Å²) in [5, 5.41) is 0. The lowest BCUT2D eigenvalue weighted by Crippen LogP contribution is -2.43. The molecule has 0 aliphatic carbocycles. The molecule has 1 aliphatic rings. The quantitative estimate of drug-likeness (QED) is 0.670. The van der Waals surface area contributed by atoms with Crippen molar-refractivity contribution in [2.45, 2.75) is 32.4 Å². The number of ether oxygens (including phenoxy) is 2. The second-order valence-corrected chi connectivity index (χ2v) is 4.70. The van der Waals surface area contributed by atoms with Crippen LogP contribution in [0, 0.1) is 0 Å². The molecular formula is C13H26N2O3. The zero-order valence-corrected chi connectivity index (χ0v) is 12.0. The van der Waals surface area contributed by atoms with E-state index in [4.69, 9.17) is 9.47 Å². The predicted molar refractivity (Wildman–Crippen MR) is 70.6 cm³/mol. The van der Waals surface area contributed by atoms with Crippen molar-refractivity contribution in [3.63, 3.8) is 0 Å². The second-order valence-electron chi connectivity index (χ2n) is 4.70. The molecule has 0 aromatic rings. The summed E-state index contributed by atoms with van der Waals surface area (Å²) in [6.07, 6.45) is 1.16. The number of hydrogen-bond donors (Lipinski definition) is 0. The Bertz CT molecular complexity index is 257. The van der Waals surface area contributed by atoms with Gasteiger partial charge in [0, 0.05) is 39.9 Å². The van der Waals surface area contributed by atoms with E-state index in [0.717, 1.165) is 26.1 Å². The molecule has 5 nitrogen and oxygen atoms in total. The highest BCUT2D eigenvalue weighted by Gasteiger charge is 2.33. The van der Waals surface area contributed by atoms with E-state index in [-0.39, 0.29) is 12.0 Å². The number of amides is 1. The first-order valence-electron chi connectivity index (χ1n) is 6.69. The van der Waals surface area contributed by atoms with Crippen LogP contribution in [0.15, 0.2) is 0 Å². The summed E-state index contributed by atoms with van der Waals surface area (Å²) in [5.74, 6) is 0.192. The summed E-state index contributed by atoms with van der Waals surface area (Å²) < 4.78 is 10.6. The third-order valence-corrected chi connectivity index (χ3v) is 3.64. The van der Waals surface area contributed by atoms with Gasteiger partial charge in [0.1, 0.15) is 0 Å². The van der Waals surface area contributed by atoms with Crippen molar-refractivity contribution in [1.82, 2.24) is 9.80 Å². The summed E-state index contributed by atoms with van der Waals surface area (Å²) in [6.45, 7) is 7.50. The number of carbonyl (C=O) groups is 1. The van der Waals surface area contributed by atoms with Crippen LogP contribution < -0.4 is 0 Å². The van der Waals surface area contributed by atoms with E-state index >= 15 is 0 Å². The summed E-state index contributed by atoms with van der Waals surface area (Å²) in [6, 6.07) is 0.291. The molecule has 0 saturated carbocycles. The summed E-state index contributed by atoms with van der Waals surface area (Å²) in [5.41, 5.74) is 0.